The molecule has 2 unspecified atom stereocenters. The zero-order valence-electron chi connectivity index (χ0n) is 9.06. The third kappa shape index (κ3) is 2.18. The molecule has 0 amide bonds. The van der Waals surface area contributed by atoms with Crippen molar-refractivity contribution in [2.75, 3.05) is 13.1 Å². The summed E-state index contributed by atoms with van der Waals surface area (Å²) in [6, 6.07) is 0. The fourth-order valence-electron chi connectivity index (χ4n) is 2.13. The van der Waals surface area contributed by atoms with Gasteiger partial charge in [-0.05, 0) is 26.3 Å². The van der Waals surface area contributed by atoms with Crippen LogP contribution in [0.5, 0.6) is 0 Å². The second-order valence-electron chi connectivity index (χ2n) is 4.03. The first-order chi connectivity index (χ1) is 7.33. The molecule has 2 atom stereocenters. The van der Waals surface area contributed by atoms with E-state index in [2.05, 4.69) is 15.6 Å². The maximum Gasteiger partial charge on any atom is 0.101 e. The number of hydrogen-bond donors (Lipinski definition) is 2. The van der Waals surface area contributed by atoms with Crippen LogP contribution in [0.15, 0.2) is 6.20 Å². The van der Waals surface area contributed by atoms with Crippen molar-refractivity contribution in [2.24, 2.45) is 5.92 Å². The monoisotopic (exact) mass is 210 g/mol. The molecule has 2 heterocycles. The lowest BCUT2D eigenvalue weighted by atomic mass is 9.92. The van der Waals surface area contributed by atoms with Gasteiger partial charge in [0.25, 0.3) is 0 Å². The Bertz CT molecular complexity index is 306. The van der Waals surface area contributed by atoms with E-state index in [0.717, 1.165) is 38.2 Å². The number of aliphatic hydroxyl groups is 1. The Balaban J connectivity index is 2.08. The van der Waals surface area contributed by atoms with E-state index in [1.54, 1.807) is 10.9 Å². The third-order valence-corrected chi connectivity index (χ3v) is 3.03. The molecule has 84 valence electrons. The van der Waals surface area contributed by atoms with Crippen LogP contribution in [-0.4, -0.2) is 33.2 Å². The van der Waals surface area contributed by atoms with Crippen molar-refractivity contribution in [3.8, 4) is 0 Å². The molecule has 2 N–H and O–H groups in total. The van der Waals surface area contributed by atoms with Crippen LogP contribution in [-0.2, 0) is 6.54 Å². The Morgan fingerprint density at radius 3 is 3.27 bits per heavy atom. The summed E-state index contributed by atoms with van der Waals surface area (Å²) < 4.78 is 1.76. The Hall–Kier alpha value is -0.940. The molecule has 5 heteroatoms. The number of aryl methyl sites for hydroxylation is 1. The number of aliphatic hydroxyl groups excluding tert-OH is 1. The van der Waals surface area contributed by atoms with Crippen LogP contribution in [0.2, 0.25) is 0 Å². The van der Waals surface area contributed by atoms with Gasteiger partial charge in [-0.15, -0.1) is 5.10 Å². The molecular weight excluding hydrogens is 192 g/mol. The molecule has 2 rings (SSSR count). The Labute approximate surface area is 89.5 Å². The lowest BCUT2D eigenvalue weighted by Crippen LogP contribution is -2.34. The quantitative estimate of drug-likeness (QED) is 0.754. The largest absolute Gasteiger partial charge is 0.386 e. The van der Waals surface area contributed by atoms with Gasteiger partial charge in [-0.1, -0.05) is 5.21 Å². The minimum atomic E-state index is -0.437. The highest BCUT2D eigenvalue weighted by Crippen LogP contribution is 2.26. The van der Waals surface area contributed by atoms with Gasteiger partial charge in [-0.2, -0.15) is 0 Å². The molecule has 1 aromatic rings. The summed E-state index contributed by atoms with van der Waals surface area (Å²) in [5.41, 5.74) is 0.839. The van der Waals surface area contributed by atoms with Crippen molar-refractivity contribution < 1.29 is 5.11 Å². The van der Waals surface area contributed by atoms with Gasteiger partial charge in [0.2, 0.25) is 0 Å². The molecule has 5 nitrogen and oxygen atoms in total. The minimum absolute atomic E-state index is 0.294. The first kappa shape index (κ1) is 10.6. The molecule has 0 aromatic carbocycles. The lowest BCUT2D eigenvalue weighted by Gasteiger charge is -2.27. The number of aromatic nitrogens is 3. The van der Waals surface area contributed by atoms with Crippen LogP contribution in [0.3, 0.4) is 0 Å². The molecule has 1 saturated heterocycles. The smallest absolute Gasteiger partial charge is 0.101 e. The molecule has 0 bridgehead atoms. The van der Waals surface area contributed by atoms with Crippen LogP contribution in [0.25, 0.3) is 0 Å². The highest BCUT2D eigenvalue weighted by atomic mass is 16.3. The molecule has 1 aliphatic heterocycles. The summed E-state index contributed by atoms with van der Waals surface area (Å²) in [7, 11) is 0. The van der Waals surface area contributed by atoms with E-state index in [-0.39, 0.29) is 0 Å². The molecule has 0 aliphatic carbocycles. The van der Waals surface area contributed by atoms with Crippen LogP contribution in [0.1, 0.15) is 31.6 Å². The number of rotatable bonds is 3. The van der Waals surface area contributed by atoms with Crippen molar-refractivity contribution in [3.05, 3.63) is 11.9 Å². The van der Waals surface area contributed by atoms with Crippen LogP contribution >= 0.6 is 0 Å². The number of nitrogens with one attached hydrogen (secondary N) is 1. The average molecular weight is 210 g/mol. The van der Waals surface area contributed by atoms with Crippen LogP contribution in [0, 0.1) is 5.92 Å². The van der Waals surface area contributed by atoms with Crippen molar-refractivity contribution in [1.82, 2.24) is 20.3 Å². The van der Waals surface area contributed by atoms with E-state index in [0.29, 0.717) is 5.92 Å². The first-order valence-electron chi connectivity index (χ1n) is 5.60. The van der Waals surface area contributed by atoms with Crippen LogP contribution < -0.4 is 5.32 Å². The van der Waals surface area contributed by atoms with E-state index in [1.807, 2.05) is 6.92 Å². The van der Waals surface area contributed by atoms with Gasteiger partial charge >= 0.3 is 0 Å². The van der Waals surface area contributed by atoms with Gasteiger partial charge in [0.1, 0.15) is 6.10 Å². The second-order valence-corrected chi connectivity index (χ2v) is 4.03. The van der Waals surface area contributed by atoms with Crippen molar-refractivity contribution in [1.29, 1.82) is 0 Å². The number of nitrogens with zero attached hydrogens (tertiary/aromatic N) is 3. The van der Waals surface area contributed by atoms with Gasteiger partial charge < -0.3 is 10.4 Å². The number of piperidine rings is 1. The van der Waals surface area contributed by atoms with Gasteiger partial charge in [0.15, 0.2) is 0 Å². The molecule has 0 saturated carbocycles. The SMILES string of the molecule is CCn1nncc1C(O)C1CCCNC1. The Morgan fingerprint density at radius 2 is 2.60 bits per heavy atom. The third-order valence-electron chi connectivity index (χ3n) is 3.03. The zero-order chi connectivity index (χ0) is 10.7. The standard InChI is InChI=1S/C10H18N4O/c1-2-14-9(7-12-13-14)10(15)8-4-3-5-11-6-8/h7-8,10-11,15H,2-6H2,1H3. The fourth-order valence-corrected chi connectivity index (χ4v) is 2.13. The highest BCUT2D eigenvalue weighted by Gasteiger charge is 2.25. The average Bonchev–Trinajstić information content (AvgIpc) is 2.77. The molecule has 1 aromatic heterocycles. The lowest BCUT2D eigenvalue weighted by molar-refractivity contribution is 0.0840. The summed E-state index contributed by atoms with van der Waals surface area (Å²) >= 11 is 0. The Kier molecular flexibility index (Phi) is 3.33. The van der Waals surface area contributed by atoms with Gasteiger partial charge in [-0.3, -0.25) is 0 Å². The van der Waals surface area contributed by atoms with E-state index >= 15 is 0 Å². The topological polar surface area (TPSA) is 63.0 Å². The van der Waals surface area contributed by atoms with E-state index < -0.39 is 6.10 Å². The number of hydrogen-bond acceptors (Lipinski definition) is 4. The highest BCUT2D eigenvalue weighted by molar-refractivity contribution is 5.01. The van der Waals surface area contributed by atoms with Crippen LogP contribution in [0.4, 0.5) is 0 Å². The summed E-state index contributed by atoms with van der Waals surface area (Å²) in [5, 5.41) is 21.3. The van der Waals surface area contributed by atoms with Gasteiger partial charge in [-0.25, -0.2) is 4.68 Å². The van der Waals surface area contributed by atoms with Crippen molar-refractivity contribution >= 4 is 0 Å². The minimum Gasteiger partial charge on any atom is -0.386 e. The molecule has 15 heavy (non-hydrogen) atoms. The Morgan fingerprint density at radius 1 is 1.73 bits per heavy atom. The summed E-state index contributed by atoms with van der Waals surface area (Å²) in [4.78, 5) is 0. The maximum atomic E-state index is 10.2. The molecule has 1 aliphatic rings. The summed E-state index contributed by atoms with van der Waals surface area (Å²) in [6.07, 6.45) is 3.44. The molecule has 0 radical (unpaired) electrons. The zero-order valence-corrected chi connectivity index (χ0v) is 9.06. The second kappa shape index (κ2) is 4.72. The van der Waals surface area contributed by atoms with E-state index in [1.165, 1.54) is 0 Å². The van der Waals surface area contributed by atoms with Gasteiger partial charge in [0, 0.05) is 19.0 Å². The van der Waals surface area contributed by atoms with Gasteiger partial charge in [0.05, 0.1) is 11.9 Å². The summed E-state index contributed by atoms with van der Waals surface area (Å²) in [5.74, 6) is 0.294. The summed E-state index contributed by atoms with van der Waals surface area (Å²) in [6.45, 7) is 4.71. The van der Waals surface area contributed by atoms with E-state index in [9.17, 15) is 5.11 Å². The fraction of sp³-hybridized carbons (Fsp3) is 0.800. The predicted molar refractivity (Wildman–Crippen MR) is 56.2 cm³/mol. The molecular formula is C10H18N4O. The van der Waals surface area contributed by atoms with E-state index in [4.69, 9.17) is 0 Å². The predicted octanol–water partition coefficient (Wildman–Crippen LogP) is 0.331. The molecule has 1 fully saturated rings. The van der Waals surface area contributed by atoms with Crippen molar-refractivity contribution in [2.45, 2.75) is 32.4 Å². The first-order valence-corrected chi connectivity index (χ1v) is 5.60. The molecule has 0 spiro atoms. The maximum absolute atomic E-state index is 10.2. The normalized spacial score (nSPS) is 24.0. The van der Waals surface area contributed by atoms with Crippen molar-refractivity contribution in [3.63, 3.8) is 0 Å².